The molecule has 9 saturated heterocycles. The van der Waals surface area contributed by atoms with Crippen molar-refractivity contribution in [1.29, 1.82) is 0 Å². The Bertz CT molecular complexity index is 6050. The third-order valence-corrected chi connectivity index (χ3v) is 29.8. The molecule has 43 heteroatoms. The Morgan fingerprint density at radius 1 is 0.426 bits per heavy atom. The average molecular weight is 2220 g/mol. The number of aromatic nitrogens is 6. The van der Waals surface area contributed by atoms with Crippen LogP contribution < -0.4 is 43.6 Å². The molecule has 0 N–H and O–H groups in total. The molecule has 6 aromatic carbocycles. The van der Waals surface area contributed by atoms with Crippen LogP contribution in [0.2, 0.25) is 5.02 Å². The molecule has 9 atom stereocenters. The van der Waals surface area contributed by atoms with Crippen LogP contribution in [0.4, 0.5) is 47.7 Å². The molecule has 30 nitrogen and oxygen atoms in total. The van der Waals surface area contributed by atoms with Gasteiger partial charge in [0.25, 0.3) is 11.8 Å². The minimum atomic E-state index is -1.01. The summed E-state index contributed by atoms with van der Waals surface area (Å²) in [6.45, 7) is 50.3. The summed E-state index contributed by atoms with van der Waals surface area (Å²) in [6.07, 6.45) is 11.8. The van der Waals surface area contributed by atoms with E-state index in [1.54, 1.807) is 4.90 Å². The van der Waals surface area contributed by atoms with E-state index in [0.29, 0.717) is 151 Å². The smallest absolute Gasteiger partial charge is 0.318 e. The van der Waals surface area contributed by atoms with Gasteiger partial charge in [0.15, 0.2) is 11.7 Å². The third kappa shape index (κ3) is 26.9. The number of allylic oxidation sites excluding steroid dienone is 1. The number of rotatable bonds is 28. The summed E-state index contributed by atoms with van der Waals surface area (Å²) < 4.78 is 76.4. The average Bonchev–Trinajstić information content (AvgIpc) is 1.22. The zero-order chi connectivity index (χ0) is 95.9. The summed E-state index contributed by atoms with van der Waals surface area (Å²) in [5.74, 6) is -1.42. The topological polar surface area (TPSA) is 236 Å². The van der Waals surface area contributed by atoms with E-state index < -0.39 is 42.2 Å². The fraction of sp³-hybridized carbons (Fsp3) is 0.486. The molecule has 9 aromatic rings. The predicted molar refractivity (Wildman–Crippen MR) is 623 cm³/mol. The first-order chi connectivity index (χ1) is 67.8. The van der Waals surface area contributed by atoms with Crippen molar-refractivity contribution in [2.24, 2.45) is 0 Å². The number of fused-ring (bicyclic) bond motifs is 12. The van der Waals surface area contributed by atoms with Crippen LogP contribution in [-0.2, 0) is 67.5 Å². The van der Waals surface area contributed by atoms with Gasteiger partial charge in [0.2, 0.25) is 25.5 Å². The monoisotopic (exact) mass is 2220 g/mol. The van der Waals surface area contributed by atoms with Gasteiger partial charge in [-0.2, -0.15) is 151 Å². The van der Waals surface area contributed by atoms with Gasteiger partial charge in [-0.1, -0.05) is 110 Å². The number of alkyl halides is 1. The maximum absolute atomic E-state index is 13.9. The number of carbonyl (C=O) groups excluding carboxylic acids is 3. The highest BCUT2D eigenvalue weighted by atomic mass is 35.5. The molecule has 0 aliphatic carbocycles. The fourth-order valence-electron chi connectivity index (χ4n) is 22.7. The summed E-state index contributed by atoms with van der Waals surface area (Å²) in [5.41, 5.74) is 11.8. The van der Waals surface area contributed by atoms with E-state index in [-0.39, 0.29) is 166 Å². The highest BCUT2D eigenvalue weighted by molar-refractivity contribution is 7.60. The number of carbonyl (C=O) groups is 3. The van der Waals surface area contributed by atoms with E-state index in [1.165, 1.54) is 66.0 Å². The summed E-state index contributed by atoms with van der Waals surface area (Å²) in [7, 11) is 0. The Morgan fingerprint density at radius 3 is 1.06 bits per heavy atom. The molecule has 0 spiro atoms. The number of nitrogens with zero attached hydrogens (tertiary/aromatic N) is 21. The fourth-order valence-corrected chi connectivity index (χ4v) is 23.0. The number of amides is 3. The van der Waals surface area contributed by atoms with Gasteiger partial charge in [-0.3, -0.25) is 29.1 Å². The largest absolute Gasteiger partial charge is 0.463 e. The van der Waals surface area contributed by atoms with Crippen LogP contribution in [0.1, 0.15) is 83.4 Å². The summed E-state index contributed by atoms with van der Waals surface area (Å²) in [4.78, 5) is 104. The van der Waals surface area contributed by atoms with E-state index >= 15 is 0 Å². The first-order valence-corrected chi connectivity index (χ1v) is 49.3. The number of anilines is 6. The van der Waals surface area contributed by atoms with E-state index in [0.717, 1.165) is 198 Å². The number of aryl methyl sites for hydroxylation is 2. The highest BCUT2D eigenvalue weighted by Crippen LogP contribution is 2.43. The molecular weight excluding hydrogens is 2080 g/mol. The highest BCUT2D eigenvalue weighted by Gasteiger charge is 2.45. The van der Waals surface area contributed by atoms with Crippen molar-refractivity contribution >= 4 is 218 Å². The molecule has 9 fully saturated rings. The second-order valence-corrected chi connectivity index (χ2v) is 38.5. The van der Waals surface area contributed by atoms with Gasteiger partial charge in [0.05, 0.1) is 99.7 Å². The van der Waals surface area contributed by atoms with Gasteiger partial charge in [0, 0.05) is 192 Å². The standard InChI is InChI=1S/C36H42FN7O3.C35H40FN7O3.C34H37ClFN7O3.9H2S/c1-25-7-3-8-26-9-4-10-32(34(25)26)42-15-12-30-31(23-42)39-36(46-18-6-14-41-22-29-19-27(41)24-47-29)40-35(30)43-16-17-44(28(21-43)20-38-2)33(45)11-5-13-37;1-23-7-4-8-25-9-5-10-31(32(23)25)41-13-11-29-30(21-41)38-35(45-16-6-12-40-20-28-17-26(40)22-46-28)39-33(29)42-14-15-43(34(44)24(2)36)27(19-42)18-37-3;1-22(36)33(44)43-14-13-42(18-25(43)17-37-2)32-27-10-12-41(30-9-4-7-23-6-3-8-28(35)31(23)30)20-29(27)38-34(39-32)45-15-5-11-40-19-26-16-24(40)21-46-26;;;;;;;;;/h3-5,7-11,27-29H,6,12-24H2,1H3;4-5,7-10,26-28H,2,6,11-22H2,1H3;3-4,6-9,24-26H,1,5,10-21H2;9*1H2/b11-5+;;;;;;;;;;;/t27-,28-,29-;26-,27-,28-;24-,25-,26-;;;;;;;;;/m000........./s1. The van der Waals surface area contributed by atoms with Crippen molar-refractivity contribution in [3.8, 4) is 18.0 Å². The van der Waals surface area contributed by atoms with Gasteiger partial charge >= 0.3 is 18.0 Å². The summed E-state index contributed by atoms with van der Waals surface area (Å²) in [5, 5.41) is 7.74. The van der Waals surface area contributed by atoms with Crippen LogP contribution >= 0.6 is 133 Å². The van der Waals surface area contributed by atoms with Gasteiger partial charge in [-0.05, 0) is 129 Å². The number of morpholine rings is 3. The zero-order valence-corrected chi connectivity index (χ0v) is 93.3. The second kappa shape index (κ2) is 55.3. The molecule has 12 aliphatic heterocycles. The lowest BCUT2D eigenvalue weighted by Crippen LogP contribution is -2.57. The van der Waals surface area contributed by atoms with Crippen LogP contribution in [0, 0.1) is 33.6 Å². The van der Waals surface area contributed by atoms with E-state index in [4.69, 9.17) is 89.6 Å². The van der Waals surface area contributed by atoms with Crippen molar-refractivity contribution in [3.63, 3.8) is 0 Å². The maximum Gasteiger partial charge on any atom is 0.318 e. The number of hydrogen-bond donors (Lipinski definition) is 0. The molecule has 798 valence electrons. The van der Waals surface area contributed by atoms with Gasteiger partial charge < -0.3 is 87.1 Å². The lowest BCUT2D eigenvalue weighted by Gasteiger charge is -2.41. The molecule has 0 radical (unpaired) electrons. The Hall–Kier alpha value is -9.37. The number of ether oxygens (including phenoxy) is 6. The molecule has 12 aliphatic rings. The predicted octanol–water partition coefficient (Wildman–Crippen LogP) is 13.9. The normalized spacial score (nSPS) is 21.3. The van der Waals surface area contributed by atoms with Crippen molar-refractivity contribution in [2.75, 3.05) is 213 Å². The second-order valence-electron chi connectivity index (χ2n) is 38.1. The van der Waals surface area contributed by atoms with Crippen LogP contribution in [0.15, 0.2) is 146 Å². The van der Waals surface area contributed by atoms with E-state index in [2.05, 4.69) is 177 Å². The van der Waals surface area contributed by atoms with Crippen molar-refractivity contribution in [1.82, 2.24) is 59.3 Å². The minimum absolute atomic E-state index is 0. The number of piperazine rings is 3. The Morgan fingerprint density at radius 2 is 0.743 bits per heavy atom. The SMILES string of the molecule is S.S.S.S.S.S.S.S.S.[C-]#[N+]C[C@H]1CN(c2nc(OCCCN3C[C@@H]4C[C@H]3CO4)nc3c2CCN(c2cccc4cccc(C)c24)C3)CCN1C(=O)/C=C/CF.[C-]#[N+]C[C@H]1CN(c2nc(OCCCN3C[C@@H]4C[C@H]3CO4)nc3c2CCN(c2cccc4cccc(C)c24)C3)CCN1C(=O)C(=C)F.[C-]#[N+]C[C@H]1CN(c2nc(OCCCN3C[C@@H]4C[C@H]3CO4)nc3c2CCN(c2cccc4cccc(Cl)c24)C3)CCN1C(=O)C(=C)F. The number of likely N-dealkylation sites (tertiary alicyclic amines) is 3. The first-order valence-electron chi connectivity index (χ1n) is 48.9. The summed E-state index contributed by atoms with van der Waals surface area (Å²) in [6, 6.07) is 39.2. The van der Waals surface area contributed by atoms with E-state index in [9.17, 15) is 27.6 Å². The Labute approximate surface area is 933 Å². The molecule has 0 unspecified atom stereocenters. The van der Waals surface area contributed by atoms with Gasteiger partial charge in [0.1, 0.15) is 42.3 Å². The lowest BCUT2D eigenvalue weighted by atomic mass is 9.99. The van der Waals surface area contributed by atoms with Crippen LogP contribution in [0.25, 0.3) is 46.9 Å². The van der Waals surface area contributed by atoms with E-state index in [1.807, 2.05) is 18.2 Å². The molecule has 148 heavy (non-hydrogen) atoms. The molecular formula is C105H137ClF3N21O9S9. The van der Waals surface area contributed by atoms with Crippen molar-refractivity contribution in [2.45, 2.75) is 146 Å². The molecule has 0 saturated carbocycles. The maximum atomic E-state index is 13.9. The van der Waals surface area contributed by atoms with Gasteiger partial charge in [-0.15, -0.1) is 0 Å². The molecule has 15 heterocycles. The molecule has 3 aromatic heterocycles. The molecule has 3 amide bonds. The summed E-state index contributed by atoms with van der Waals surface area (Å²) >= 11 is 6.70. The number of halogens is 4. The number of hydrogen-bond acceptors (Lipinski definition) is 24. The third-order valence-electron chi connectivity index (χ3n) is 29.5. The van der Waals surface area contributed by atoms with Crippen molar-refractivity contribution < 1.29 is 56.0 Å². The molecule has 6 bridgehead atoms. The lowest BCUT2D eigenvalue weighted by molar-refractivity contribution is -0.131. The van der Waals surface area contributed by atoms with Gasteiger partial charge in [-0.25, -0.2) is 32.9 Å². The quantitative estimate of drug-likeness (QED) is 0.0252. The number of benzene rings is 6. The van der Waals surface area contributed by atoms with Crippen LogP contribution in [0.3, 0.4) is 0 Å². The molecule has 21 rings (SSSR count). The first kappa shape index (κ1) is 120. The van der Waals surface area contributed by atoms with Crippen LogP contribution in [0.5, 0.6) is 18.0 Å². The van der Waals surface area contributed by atoms with Crippen molar-refractivity contribution in [3.05, 3.63) is 230 Å². The Balaban J connectivity index is 0.000000220. The zero-order valence-electron chi connectivity index (χ0n) is 83.5. The van der Waals surface area contributed by atoms with Crippen LogP contribution in [-0.4, -0.2) is 315 Å². The Kier molecular flexibility index (Phi) is 45.0. The minimum Gasteiger partial charge on any atom is -0.463 e.